The number of Topliss-reactive ketones (excluding diaryl/α,β-unsaturated/α-hetero) is 2. The molecule has 3 aromatic carbocycles. The summed E-state index contributed by atoms with van der Waals surface area (Å²) in [6.07, 6.45) is 1.58. The zero-order valence-electron chi connectivity index (χ0n) is 17.9. The Morgan fingerprint density at radius 3 is 1.91 bits per heavy atom. The van der Waals surface area contributed by atoms with Crippen LogP contribution < -0.4 is 4.90 Å². The van der Waals surface area contributed by atoms with Gasteiger partial charge in [0.1, 0.15) is 0 Å². The van der Waals surface area contributed by atoms with Gasteiger partial charge in [-0.15, -0.1) is 0 Å². The molecule has 0 spiro atoms. The van der Waals surface area contributed by atoms with Gasteiger partial charge in [0.25, 0.3) is 0 Å². The first kappa shape index (κ1) is 22.5. The minimum atomic E-state index is -0.514. The lowest BCUT2D eigenvalue weighted by Gasteiger charge is -2.40. The summed E-state index contributed by atoms with van der Waals surface area (Å²) < 4.78 is 0. The standard InChI is InChI=1S/C26H17Cl4NO2/c1-26(2)14-6-4-5-7-16(14)31(3)17-9-8-12(11-15(17)26)10-13-24(32)18-19(25(13)33)21(28)23(30)22(29)20(18)27/h4-11H,1-3H3. The van der Waals surface area contributed by atoms with E-state index >= 15 is 0 Å². The molecule has 3 nitrogen and oxygen atoms in total. The van der Waals surface area contributed by atoms with Crippen LogP contribution in [0.4, 0.5) is 11.4 Å². The van der Waals surface area contributed by atoms with Crippen molar-refractivity contribution in [2.75, 3.05) is 11.9 Å². The predicted octanol–water partition coefficient (Wildman–Crippen LogP) is 8.17. The molecule has 0 saturated heterocycles. The summed E-state index contributed by atoms with van der Waals surface area (Å²) in [6, 6.07) is 14.2. The van der Waals surface area contributed by atoms with E-state index in [4.69, 9.17) is 46.4 Å². The van der Waals surface area contributed by atoms with Gasteiger partial charge in [0.2, 0.25) is 0 Å². The van der Waals surface area contributed by atoms with Crippen LogP contribution in [0.25, 0.3) is 6.08 Å². The summed E-state index contributed by atoms with van der Waals surface area (Å²) in [4.78, 5) is 28.4. The van der Waals surface area contributed by atoms with Crippen LogP contribution in [0.1, 0.15) is 51.3 Å². The fourth-order valence-electron chi connectivity index (χ4n) is 4.73. The Balaban J connectivity index is 1.65. The third-order valence-corrected chi connectivity index (χ3v) is 8.32. The number of hydrogen-bond acceptors (Lipinski definition) is 3. The molecule has 5 rings (SSSR count). The average Bonchev–Trinajstić information content (AvgIpc) is 3.05. The van der Waals surface area contributed by atoms with Gasteiger partial charge in [-0.25, -0.2) is 0 Å². The quantitative estimate of drug-likeness (QED) is 0.142. The second-order valence-corrected chi connectivity index (χ2v) is 10.2. The maximum Gasteiger partial charge on any atom is 0.199 e. The topological polar surface area (TPSA) is 37.4 Å². The molecule has 0 bridgehead atoms. The zero-order valence-corrected chi connectivity index (χ0v) is 20.9. The van der Waals surface area contributed by atoms with E-state index in [0.29, 0.717) is 0 Å². The molecule has 0 saturated carbocycles. The van der Waals surface area contributed by atoms with Crippen molar-refractivity contribution in [3.05, 3.63) is 95.9 Å². The number of carbonyl (C=O) groups excluding carboxylic acids is 2. The van der Waals surface area contributed by atoms with Crippen LogP contribution in [0.5, 0.6) is 0 Å². The maximum absolute atomic E-state index is 13.1. The fourth-order valence-corrected chi connectivity index (χ4v) is 5.76. The van der Waals surface area contributed by atoms with Crippen LogP contribution in [0.15, 0.2) is 48.0 Å². The van der Waals surface area contributed by atoms with Crippen LogP contribution in [-0.4, -0.2) is 18.6 Å². The van der Waals surface area contributed by atoms with E-state index in [1.807, 2.05) is 37.4 Å². The van der Waals surface area contributed by atoms with Crippen molar-refractivity contribution in [3.63, 3.8) is 0 Å². The van der Waals surface area contributed by atoms with Gasteiger partial charge in [-0.3, -0.25) is 9.59 Å². The Labute approximate surface area is 211 Å². The van der Waals surface area contributed by atoms with Gasteiger partial charge in [0.05, 0.1) is 36.8 Å². The van der Waals surface area contributed by atoms with Crippen LogP contribution in [0, 0.1) is 0 Å². The third-order valence-electron chi connectivity index (χ3n) is 6.52. The molecule has 0 radical (unpaired) electrons. The van der Waals surface area contributed by atoms with Crippen molar-refractivity contribution in [3.8, 4) is 0 Å². The van der Waals surface area contributed by atoms with E-state index in [9.17, 15) is 9.59 Å². The number of anilines is 2. The molecule has 2 aliphatic rings. The molecule has 0 unspecified atom stereocenters. The number of halogens is 4. The molecule has 0 amide bonds. The monoisotopic (exact) mass is 515 g/mol. The number of nitrogens with zero attached hydrogens (tertiary/aromatic N) is 1. The van der Waals surface area contributed by atoms with Crippen molar-refractivity contribution in [1.29, 1.82) is 0 Å². The van der Waals surface area contributed by atoms with E-state index in [1.54, 1.807) is 6.08 Å². The first-order chi connectivity index (χ1) is 15.6. The highest BCUT2D eigenvalue weighted by atomic mass is 35.5. The number of carbonyl (C=O) groups is 2. The lowest BCUT2D eigenvalue weighted by Crippen LogP contribution is -2.30. The fraction of sp³-hybridized carbons (Fsp3) is 0.154. The molecule has 7 heteroatoms. The molecule has 166 valence electrons. The summed E-state index contributed by atoms with van der Waals surface area (Å²) in [5, 5.41) is -0.205. The number of rotatable bonds is 1. The first-order valence-electron chi connectivity index (χ1n) is 10.2. The van der Waals surface area contributed by atoms with Crippen molar-refractivity contribution >= 4 is 75.4 Å². The van der Waals surface area contributed by atoms with E-state index in [-0.39, 0.29) is 42.2 Å². The number of allylic oxidation sites excluding steroid dienone is 1. The molecule has 1 aliphatic heterocycles. The summed E-state index contributed by atoms with van der Waals surface area (Å²) in [6.45, 7) is 4.33. The molecule has 1 aliphatic carbocycles. The van der Waals surface area contributed by atoms with Crippen molar-refractivity contribution in [1.82, 2.24) is 0 Å². The van der Waals surface area contributed by atoms with Crippen molar-refractivity contribution in [2.24, 2.45) is 0 Å². The van der Waals surface area contributed by atoms with Gasteiger partial charge in [-0.2, -0.15) is 0 Å². The Bertz CT molecular complexity index is 1390. The molecule has 0 atom stereocenters. The zero-order chi connectivity index (χ0) is 23.8. The first-order valence-corrected chi connectivity index (χ1v) is 11.7. The Morgan fingerprint density at radius 1 is 0.758 bits per heavy atom. The smallest absolute Gasteiger partial charge is 0.199 e. The lowest BCUT2D eigenvalue weighted by atomic mass is 9.73. The normalized spacial score (nSPS) is 16.0. The Hall–Kier alpha value is -2.30. The van der Waals surface area contributed by atoms with E-state index < -0.39 is 11.6 Å². The summed E-state index contributed by atoms with van der Waals surface area (Å²) in [7, 11) is 2.03. The second kappa shape index (κ2) is 7.61. The van der Waals surface area contributed by atoms with Gasteiger partial charge in [-0.05, 0) is 41.0 Å². The van der Waals surface area contributed by atoms with Gasteiger partial charge in [-0.1, -0.05) is 84.5 Å². The van der Waals surface area contributed by atoms with Crippen molar-refractivity contribution in [2.45, 2.75) is 19.3 Å². The molecule has 3 aromatic rings. The van der Waals surface area contributed by atoms with Crippen molar-refractivity contribution < 1.29 is 9.59 Å². The lowest BCUT2D eigenvalue weighted by molar-refractivity contribution is 0.0990. The van der Waals surface area contributed by atoms with Gasteiger partial charge in [0, 0.05) is 23.8 Å². The minimum absolute atomic E-state index is 0.000678. The number of hydrogen-bond donors (Lipinski definition) is 0. The largest absolute Gasteiger partial charge is 0.344 e. The van der Waals surface area contributed by atoms with Gasteiger partial charge in [0.15, 0.2) is 11.6 Å². The highest BCUT2D eigenvalue weighted by molar-refractivity contribution is 6.57. The average molecular weight is 517 g/mol. The van der Waals surface area contributed by atoms with Crippen LogP contribution in [0.2, 0.25) is 20.1 Å². The number of para-hydroxylation sites is 1. The summed E-state index contributed by atoms with van der Waals surface area (Å²) in [5.41, 5.74) is 4.95. The van der Waals surface area contributed by atoms with Crippen LogP contribution in [0.3, 0.4) is 0 Å². The molecule has 1 heterocycles. The Morgan fingerprint density at radius 2 is 1.30 bits per heavy atom. The van der Waals surface area contributed by atoms with Crippen LogP contribution in [-0.2, 0) is 5.41 Å². The summed E-state index contributed by atoms with van der Waals surface area (Å²) >= 11 is 24.8. The number of benzene rings is 3. The second-order valence-electron chi connectivity index (χ2n) is 8.70. The minimum Gasteiger partial charge on any atom is -0.344 e. The molecular weight excluding hydrogens is 500 g/mol. The highest BCUT2D eigenvalue weighted by Crippen LogP contribution is 2.49. The summed E-state index contributed by atoms with van der Waals surface area (Å²) in [5.74, 6) is -1.03. The molecule has 33 heavy (non-hydrogen) atoms. The Kier molecular flexibility index (Phi) is 5.19. The molecular formula is C26H17Cl4NO2. The van der Waals surface area contributed by atoms with Gasteiger partial charge < -0.3 is 4.90 Å². The number of fused-ring (bicyclic) bond motifs is 3. The van der Waals surface area contributed by atoms with Crippen LogP contribution >= 0.6 is 46.4 Å². The molecule has 0 N–H and O–H groups in total. The molecule has 0 aromatic heterocycles. The van der Waals surface area contributed by atoms with Gasteiger partial charge >= 0.3 is 0 Å². The third kappa shape index (κ3) is 3.10. The SMILES string of the molecule is CN1c2ccccc2C(C)(C)c2cc(C=C3C(=O)c4c(Cl)c(Cl)c(Cl)c(Cl)c4C3=O)ccc21. The van der Waals surface area contributed by atoms with E-state index in [0.717, 1.165) is 22.5 Å². The molecule has 0 fully saturated rings. The maximum atomic E-state index is 13.1. The number of ketones is 2. The highest BCUT2D eigenvalue weighted by Gasteiger charge is 2.40. The van der Waals surface area contributed by atoms with E-state index in [2.05, 4.69) is 30.9 Å². The predicted molar refractivity (Wildman–Crippen MR) is 136 cm³/mol. The van der Waals surface area contributed by atoms with E-state index in [1.165, 1.54) is 5.56 Å².